The Hall–Kier alpha value is -3.58. The molecule has 1 aliphatic heterocycles. The summed E-state index contributed by atoms with van der Waals surface area (Å²) < 4.78 is 0. The summed E-state index contributed by atoms with van der Waals surface area (Å²) in [4.78, 5) is 48.9. The van der Waals surface area contributed by atoms with Gasteiger partial charge in [-0.3, -0.25) is 14.4 Å². The van der Waals surface area contributed by atoms with Crippen LogP contribution in [0.1, 0.15) is 48.8 Å². The van der Waals surface area contributed by atoms with E-state index in [9.17, 15) is 14.4 Å². The first-order chi connectivity index (χ1) is 24.2. The standard InChI is InChI=1S/C37H45Cl2N7O3S/c1-46-32(19-24-21-42-29-11-4-3-10-25(24)29)36(48)44-22-26-27(38)15-16-28(39)34(26)50-33-14-5-2-9-23(33)20-43-30(13-8-18-41)35(47)45-31(37(46)49)12-6-7-17-40/h2-5,9-11,14-16,21,30-32,42-43H,6-8,12-13,17-20,22,40-41H2,1H3,(H,44,48)(H,45,47). The smallest absolute Gasteiger partial charge is 0.245 e. The molecule has 266 valence electrons. The van der Waals surface area contributed by atoms with Gasteiger partial charge in [-0.2, -0.15) is 0 Å². The highest BCUT2D eigenvalue weighted by molar-refractivity contribution is 7.99. The SMILES string of the molecule is CN1C(=O)C(CCCCN)NC(=O)C(CCCN)NCc2ccccc2Sc2c(Cl)ccc(Cl)c2CNC(=O)C1Cc1c[nH]c2ccccc12. The molecule has 50 heavy (non-hydrogen) atoms. The number of rotatable bonds is 9. The van der Waals surface area contributed by atoms with Gasteiger partial charge >= 0.3 is 0 Å². The molecule has 0 saturated carbocycles. The fraction of sp³-hybridized carbons (Fsp3) is 0.378. The molecule has 0 spiro atoms. The molecule has 3 unspecified atom stereocenters. The average Bonchev–Trinajstić information content (AvgIpc) is 3.53. The number of H-pyrrole nitrogens is 1. The van der Waals surface area contributed by atoms with E-state index in [1.807, 2.05) is 54.7 Å². The fourth-order valence-corrected chi connectivity index (χ4v) is 7.90. The van der Waals surface area contributed by atoms with E-state index < -0.39 is 18.1 Å². The number of nitrogens with zero attached hydrogens (tertiary/aromatic N) is 1. The van der Waals surface area contributed by atoms with Crippen molar-refractivity contribution >= 4 is 63.6 Å². The van der Waals surface area contributed by atoms with Crippen molar-refractivity contribution in [2.45, 2.75) is 79.5 Å². The molecular formula is C37H45Cl2N7O3S. The van der Waals surface area contributed by atoms with Crippen molar-refractivity contribution in [3.8, 4) is 0 Å². The van der Waals surface area contributed by atoms with E-state index >= 15 is 0 Å². The number of amides is 3. The van der Waals surface area contributed by atoms with Gasteiger partial charge in [0.1, 0.15) is 12.1 Å². The Balaban J connectivity index is 1.58. The van der Waals surface area contributed by atoms with Crippen LogP contribution in [0.3, 0.4) is 0 Å². The van der Waals surface area contributed by atoms with E-state index in [4.69, 9.17) is 34.7 Å². The normalized spacial score (nSPS) is 19.4. The third kappa shape index (κ3) is 9.20. The third-order valence-corrected chi connectivity index (χ3v) is 11.2. The number of unbranched alkanes of at least 4 members (excludes halogenated alkanes) is 1. The second kappa shape index (κ2) is 18.1. The minimum absolute atomic E-state index is 0.0885. The number of hydrogen-bond acceptors (Lipinski definition) is 7. The van der Waals surface area contributed by atoms with Gasteiger partial charge in [-0.15, -0.1) is 0 Å². The van der Waals surface area contributed by atoms with Gasteiger partial charge in [-0.1, -0.05) is 71.4 Å². The maximum absolute atomic E-state index is 14.4. The van der Waals surface area contributed by atoms with Crippen LogP contribution in [0.25, 0.3) is 10.9 Å². The van der Waals surface area contributed by atoms with Crippen LogP contribution >= 0.6 is 35.0 Å². The van der Waals surface area contributed by atoms with Crippen LogP contribution in [-0.4, -0.2) is 65.9 Å². The van der Waals surface area contributed by atoms with Crippen molar-refractivity contribution in [3.63, 3.8) is 0 Å². The Morgan fingerprint density at radius 1 is 0.840 bits per heavy atom. The van der Waals surface area contributed by atoms with E-state index in [0.29, 0.717) is 72.2 Å². The van der Waals surface area contributed by atoms with Crippen molar-refractivity contribution in [1.82, 2.24) is 25.8 Å². The van der Waals surface area contributed by atoms with Gasteiger partial charge in [0, 0.05) is 64.0 Å². The number of para-hydroxylation sites is 1. The number of nitrogens with one attached hydrogen (secondary N) is 4. The van der Waals surface area contributed by atoms with Crippen molar-refractivity contribution in [2.24, 2.45) is 11.5 Å². The van der Waals surface area contributed by atoms with Crippen LogP contribution in [0, 0.1) is 0 Å². The molecule has 2 heterocycles. The zero-order valence-corrected chi connectivity index (χ0v) is 30.5. The molecule has 0 fully saturated rings. The van der Waals surface area contributed by atoms with Gasteiger partial charge < -0.3 is 37.3 Å². The molecule has 8 N–H and O–H groups in total. The highest BCUT2D eigenvalue weighted by atomic mass is 35.5. The number of carbonyl (C=O) groups is 3. The quantitative estimate of drug-likeness (QED) is 0.130. The van der Waals surface area contributed by atoms with E-state index in [1.54, 1.807) is 19.2 Å². The number of hydrogen-bond donors (Lipinski definition) is 6. The van der Waals surface area contributed by atoms with E-state index in [1.165, 1.54) is 16.7 Å². The summed E-state index contributed by atoms with van der Waals surface area (Å²) >= 11 is 15.0. The molecule has 0 saturated heterocycles. The zero-order chi connectivity index (χ0) is 35.6. The summed E-state index contributed by atoms with van der Waals surface area (Å²) in [6.45, 7) is 1.35. The highest BCUT2D eigenvalue weighted by Crippen LogP contribution is 2.40. The number of benzene rings is 3. The molecule has 1 aliphatic rings. The highest BCUT2D eigenvalue weighted by Gasteiger charge is 2.34. The minimum Gasteiger partial charge on any atom is -0.361 e. The van der Waals surface area contributed by atoms with E-state index in [2.05, 4.69) is 20.9 Å². The maximum atomic E-state index is 14.4. The minimum atomic E-state index is -0.910. The van der Waals surface area contributed by atoms with Crippen molar-refractivity contribution in [2.75, 3.05) is 20.1 Å². The molecule has 0 radical (unpaired) electrons. The lowest BCUT2D eigenvalue weighted by molar-refractivity contribution is -0.142. The Morgan fingerprint density at radius 3 is 2.36 bits per heavy atom. The number of aromatic nitrogens is 1. The van der Waals surface area contributed by atoms with Crippen LogP contribution in [0.2, 0.25) is 10.0 Å². The summed E-state index contributed by atoms with van der Waals surface area (Å²) in [6, 6.07) is 16.7. The van der Waals surface area contributed by atoms with Crippen molar-refractivity contribution in [1.29, 1.82) is 0 Å². The molecule has 0 aliphatic carbocycles. The second-order valence-electron chi connectivity index (χ2n) is 12.5. The van der Waals surface area contributed by atoms with Crippen molar-refractivity contribution < 1.29 is 14.4 Å². The number of halogens is 2. The third-order valence-electron chi connectivity index (χ3n) is 9.10. The van der Waals surface area contributed by atoms with E-state index in [-0.39, 0.29) is 30.7 Å². The van der Waals surface area contributed by atoms with Gasteiger partial charge in [0.05, 0.1) is 11.1 Å². The molecule has 13 heteroatoms. The summed E-state index contributed by atoms with van der Waals surface area (Å²) in [5.41, 5.74) is 15.1. The van der Waals surface area contributed by atoms with Gasteiger partial charge in [-0.25, -0.2) is 0 Å². The first-order valence-electron chi connectivity index (χ1n) is 17.0. The van der Waals surface area contributed by atoms with Crippen LogP contribution in [0.4, 0.5) is 0 Å². The molecular weight excluding hydrogens is 693 g/mol. The van der Waals surface area contributed by atoms with Crippen LogP contribution < -0.4 is 27.4 Å². The Morgan fingerprint density at radius 2 is 1.56 bits per heavy atom. The number of likely N-dealkylation sites (N-methyl/N-ethyl adjacent to an activating group) is 1. The molecule has 10 nitrogen and oxygen atoms in total. The van der Waals surface area contributed by atoms with Crippen LogP contribution in [-0.2, 0) is 33.9 Å². The molecule has 0 bridgehead atoms. The lowest BCUT2D eigenvalue weighted by Crippen LogP contribution is -2.57. The summed E-state index contributed by atoms with van der Waals surface area (Å²) in [5.74, 6) is -1.03. The lowest BCUT2D eigenvalue weighted by atomic mass is 10.0. The predicted molar refractivity (Wildman–Crippen MR) is 201 cm³/mol. The van der Waals surface area contributed by atoms with Crippen LogP contribution in [0.5, 0.6) is 0 Å². The van der Waals surface area contributed by atoms with Gasteiger partial charge in [0.15, 0.2) is 0 Å². The Labute approximate surface area is 307 Å². The van der Waals surface area contributed by atoms with Crippen LogP contribution in [0.15, 0.2) is 76.7 Å². The number of nitrogens with two attached hydrogens (primary N) is 2. The molecule has 4 aromatic rings. The number of aromatic amines is 1. The fourth-order valence-electron chi connectivity index (χ4n) is 6.22. The van der Waals surface area contributed by atoms with E-state index in [0.717, 1.165) is 26.9 Å². The topological polar surface area (TPSA) is 158 Å². The van der Waals surface area contributed by atoms with Crippen molar-refractivity contribution in [3.05, 3.63) is 93.6 Å². The molecule has 3 atom stereocenters. The molecule has 3 aromatic carbocycles. The Kier molecular flexibility index (Phi) is 13.6. The number of fused-ring (bicyclic) bond motifs is 3. The van der Waals surface area contributed by atoms with Gasteiger partial charge in [0.25, 0.3) is 0 Å². The average molecular weight is 739 g/mol. The first-order valence-corrected chi connectivity index (χ1v) is 18.5. The second-order valence-corrected chi connectivity index (χ2v) is 14.4. The maximum Gasteiger partial charge on any atom is 0.245 e. The zero-order valence-electron chi connectivity index (χ0n) is 28.1. The predicted octanol–water partition coefficient (Wildman–Crippen LogP) is 5.14. The Bertz CT molecular complexity index is 1800. The molecule has 1 aromatic heterocycles. The monoisotopic (exact) mass is 737 g/mol. The first kappa shape index (κ1) is 37.7. The molecule has 5 rings (SSSR count). The summed E-state index contributed by atoms with van der Waals surface area (Å²) in [7, 11) is 1.62. The lowest BCUT2D eigenvalue weighted by Gasteiger charge is -2.32. The number of carbonyl (C=O) groups excluding carboxylic acids is 3. The summed E-state index contributed by atoms with van der Waals surface area (Å²) in [6.07, 6.45) is 4.89. The largest absolute Gasteiger partial charge is 0.361 e. The van der Waals surface area contributed by atoms with Gasteiger partial charge in [0.2, 0.25) is 17.7 Å². The summed E-state index contributed by atoms with van der Waals surface area (Å²) in [5, 5.41) is 11.4. The molecule has 3 amide bonds. The van der Waals surface area contributed by atoms with Gasteiger partial charge in [-0.05, 0) is 80.6 Å².